The van der Waals surface area contributed by atoms with Gasteiger partial charge in [0.1, 0.15) is 11.9 Å². The molecule has 0 aliphatic heterocycles. The number of benzene rings is 2. The van der Waals surface area contributed by atoms with Crippen LogP contribution in [0.15, 0.2) is 42.5 Å². The van der Waals surface area contributed by atoms with Crippen LogP contribution in [0.5, 0.6) is 0 Å². The van der Waals surface area contributed by atoms with E-state index in [0.717, 1.165) is 5.56 Å². The molecule has 0 saturated carbocycles. The van der Waals surface area contributed by atoms with Crippen molar-refractivity contribution in [3.63, 3.8) is 0 Å². The van der Waals surface area contributed by atoms with E-state index in [4.69, 9.17) is 23.2 Å². The van der Waals surface area contributed by atoms with Crippen molar-refractivity contribution in [1.29, 1.82) is 0 Å². The Balaban J connectivity index is 2.06. The van der Waals surface area contributed by atoms with Gasteiger partial charge in [0, 0.05) is 24.9 Å². The van der Waals surface area contributed by atoms with E-state index in [9.17, 15) is 14.0 Å². The number of hydrogen-bond acceptors (Lipinski definition) is 3. The summed E-state index contributed by atoms with van der Waals surface area (Å²) in [5.74, 6) is -0.253. The number of thioether (sulfide) groups is 1. The zero-order chi connectivity index (χ0) is 20.7. The molecule has 0 bridgehead atoms. The molecule has 2 rings (SSSR count). The summed E-state index contributed by atoms with van der Waals surface area (Å²) in [5, 5.41) is 3.47. The molecule has 0 spiro atoms. The predicted molar refractivity (Wildman–Crippen MR) is 113 cm³/mol. The summed E-state index contributed by atoms with van der Waals surface area (Å²) in [6, 6.07) is 10.8. The Hall–Kier alpha value is -1.76. The number of nitrogens with one attached hydrogen (secondary N) is 1. The van der Waals surface area contributed by atoms with Crippen LogP contribution in [0, 0.1) is 5.82 Å². The highest BCUT2D eigenvalue weighted by atomic mass is 35.5. The number of likely N-dealkylation sites (N-methyl/N-ethyl adjacent to an activating group) is 1. The van der Waals surface area contributed by atoms with E-state index in [0.29, 0.717) is 21.4 Å². The second-order valence-corrected chi connectivity index (χ2v) is 7.94. The predicted octanol–water partition coefficient (Wildman–Crippen LogP) is 4.53. The fourth-order valence-electron chi connectivity index (χ4n) is 2.57. The molecular formula is C20H21Cl2FN2O2S. The van der Waals surface area contributed by atoms with Crippen LogP contribution in [0.25, 0.3) is 0 Å². The molecule has 8 heteroatoms. The number of carbonyl (C=O) groups excluding carboxylic acids is 2. The van der Waals surface area contributed by atoms with Gasteiger partial charge in [-0.2, -0.15) is 0 Å². The zero-order valence-electron chi connectivity index (χ0n) is 15.5. The third kappa shape index (κ3) is 6.12. The van der Waals surface area contributed by atoms with Gasteiger partial charge >= 0.3 is 0 Å². The molecule has 0 aliphatic rings. The van der Waals surface area contributed by atoms with Crippen molar-refractivity contribution < 1.29 is 14.0 Å². The molecule has 28 heavy (non-hydrogen) atoms. The molecule has 0 radical (unpaired) electrons. The highest BCUT2D eigenvalue weighted by Crippen LogP contribution is 2.25. The third-order valence-electron chi connectivity index (χ3n) is 4.19. The Morgan fingerprint density at radius 3 is 2.54 bits per heavy atom. The first kappa shape index (κ1) is 22.5. The van der Waals surface area contributed by atoms with Crippen molar-refractivity contribution in [3.8, 4) is 0 Å². The zero-order valence-corrected chi connectivity index (χ0v) is 17.9. The Morgan fingerprint density at radius 2 is 1.89 bits per heavy atom. The summed E-state index contributed by atoms with van der Waals surface area (Å²) in [6.45, 7) is 1.65. The van der Waals surface area contributed by atoms with Gasteiger partial charge in [-0.15, -0.1) is 11.8 Å². The first-order chi connectivity index (χ1) is 13.3. The average molecular weight is 443 g/mol. The van der Waals surface area contributed by atoms with Gasteiger partial charge in [-0.1, -0.05) is 47.5 Å². The second-order valence-electron chi connectivity index (χ2n) is 6.14. The molecule has 0 saturated heterocycles. The molecule has 1 N–H and O–H groups in total. The summed E-state index contributed by atoms with van der Waals surface area (Å²) in [5.41, 5.74) is 1.30. The first-order valence-corrected chi connectivity index (χ1v) is 10.5. The largest absolute Gasteiger partial charge is 0.357 e. The summed E-state index contributed by atoms with van der Waals surface area (Å²) in [7, 11) is 1.50. The summed E-state index contributed by atoms with van der Waals surface area (Å²) in [4.78, 5) is 26.2. The minimum absolute atomic E-state index is 0.0213. The maximum Gasteiger partial charge on any atom is 0.242 e. The Morgan fingerprint density at radius 1 is 1.18 bits per heavy atom. The Labute approximate surface area is 178 Å². The van der Waals surface area contributed by atoms with Crippen LogP contribution in [0.1, 0.15) is 18.1 Å². The second kappa shape index (κ2) is 10.7. The van der Waals surface area contributed by atoms with Crippen molar-refractivity contribution in [2.75, 3.05) is 12.8 Å². The lowest BCUT2D eigenvalue weighted by atomic mass is 10.1. The molecule has 2 aromatic rings. The van der Waals surface area contributed by atoms with E-state index >= 15 is 0 Å². The van der Waals surface area contributed by atoms with Gasteiger partial charge in [0.25, 0.3) is 0 Å². The maximum atomic E-state index is 14.0. The molecule has 0 unspecified atom stereocenters. The monoisotopic (exact) mass is 442 g/mol. The number of nitrogens with zero attached hydrogens (tertiary/aromatic N) is 1. The van der Waals surface area contributed by atoms with Crippen LogP contribution >= 0.6 is 35.0 Å². The molecular weight excluding hydrogens is 422 g/mol. The number of carbonyl (C=O) groups is 2. The van der Waals surface area contributed by atoms with Crippen LogP contribution in [0.4, 0.5) is 4.39 Å². The summed E-state index contributed by atoms with van der Waals surface area (Å²) >= 11 is 13.3. The average Bonchev–Trinajstić information content (AvgIpc) is 2.68. The lowest BCUT2D eigenvalue weighted by Gasteiger charge is -2.28. The molecule has 0 aromatic heterocycles. The van der Waals surface area contributed by atoms with Gasteiger partial charge < -0.3 is 10.2 Å². The van der Waals surface area contributed by atoms with Gasteiger partial charge in [-0.05, 0) is 30.7 Å². The summed E-state index contributed by atoms with van der Waals surface area (Å²) < 4.78 is 14.0. The van der Waals surface area contributed by atoms with E-state index in [2.05, 4.69) is 5.32 Å². The van der Waals surface area contributed by atoms with Crippen LogP contribution in [0.2, 0.25) is 10.0 Å². The van der Waals surface area contributed by atoms with Crippen molar-refractivity contribution in [2.45, 2.75) is 25.3 Å². The van der Waals surface area contributed by atoms with E-state index in [-0.39, 0.29) is 24.1 Å². The molecule has 0 aliphatic carbocycles. The van der Waals surface area contributed by atoms with Crippen LogP contribution in [-0.4, -0.2) is 35.6 Å². The minimum atomic E-state index is -0.720. The van der Waals surface area contributed by atoms with Crippen molar-refractivity contribution in [2.24, 2.45) is 0 Å². The van der Waals surface area contributed by atoms with Gasteiger partial charge in [-0.25, -0.2) is 4.39 Å². The highest BCUT2D eigenvalue weighted by molar-refractivity contribution is 7.99. The highest BCUT2D eigenvalue weighted by Gasteiger charge is 2.26. The fraction of sp³-hybridized carbons (Fsp3) is 0.300. The van der Waals surface area contributed by atoms with Crippen LogP contribution in [-0.2, 0) is 21.9 Å². The standard InChI is InChI=1S/C20H21Cl2FN2O2S/c1-13(20(27)24-2)25(10-15-5-3-4-6-18(15)23)19(26)12-28-11-14-7-8-16(21)17(22)9-14/h3-9,13H,10-12H2,1-2H3,(H,24,27)/t13-/m1/s1. The minimum Gasteiger partial charge on any atom is -0.357 e. The number of amides is 2. The van der Waals surface area contributed by atoms with Crippen LogP contribution in [0.3, 0.4) is 0 Å². The van der Waals surface area contributed by atoms with E-state index in [1.165, 1.54) is 29.8 Å². The molecule has 1 atom stereocenters. The van der Waals surface area contributed by atoms with E-state index < -0.39 is 11.9 Å². The molecule has 4 nitrogen and oxygen atoms in total. The topological polar surface area (TPSA) is 49.4 Å². The Bertz CT molecular complexity index is 851. The van der Waals surface area contributed by atoms with Crippen molar-refractivity contribution in [1.82, 2.24) is 10.2 Å². The third-order valence-corrected chi connectivity index (χ3v) is 5.92. The molecule has 2 amide bonds. The van der Waals surface area contributed by atoms with Gasteiger partial charge in [0.05, 0.1) is 15.8 Å². The van der Waals surface area contributed by atoms with Gasteiger partial charge in [0.2, 0.25) is 11.8 Å². The fourth-order valence-corrected chi connectivity index (χ4v) is 3.75. The SMILES string of the molecule is CNC(=O)[C@@H](C)N(Cc1ccccc1F)C(=O)CSCc1ccc(Cl)c(Cl)c1. The summed E-state index contributed by atoms with van der Waals surface area (Å²) in [6.07, 6.45) is 0. The van der Waals surface area contributed by atoms with Gasteiger partial charge in [-0.3, -0.25) is 9.59 Å². The van der Waals surface area contributed by atoms with E-state index in [1.807, 2.05) is 6.07 Å². The van der Waals surface area contributed by atoms with E-state index in [1.54, 1.807) is 37.3 Å². The number of hydrogen-bond donors (Lipinski definition) is 1. The maximum absolute atomic E-state index is 14.0. The Kier molecular flexibility index (Phi) is 8.60. The number of rotatable bonds is 8. The lowest BCUT2D eigenvalue weighted by molar-refractivity contribution is -0.138. The lowest BCUT2D eigenvalue weighted by Crippen LogP contribution is -2.47. The first-order valence-electron chi connectivity index (χ1n) is 8.59. The normalized spacial score (nSPS) is 11.8. The van der Waals surface area contributed by atoms with Crippen LogP contribution < -0.4 is 5.32 Å². The quantitative estimate of drug-likeness (QED) is 0.653. The van der Waals surface area contributed by atoms with Crippen molar-refractivity contribution in [3.05, 3.63) is 69.5 Å². The molecule has 150 valence electrons. The molecule has 0 fully saturated rings. The molecule has 2 aromatic carbocycles. The van der Waals surface area contributed by atoms with Crippen molar-refractivity contribution >= 4 is 46.8 Å². The van der Waals surface area contributed by atoms with Gasteiger partial charge in [0.15, 0.2) is 0 Å². The smallest absolute Gasteiger partial charge is 0.242 e. The molecule has 0 heterocycles. The number of halogens is 3.